The van der Waals surface area contributed by atoms with Gasteiger partial charge in [0.05, 0.1) is 17.6 Å². The fourth-order valence-corrected chi connectivity index (χ4v) is 3.44. The standard InChI is InChI=1S/C23H28N4O2/c1-4-17(5-2)23(29)24-15-21-25-19-13-9-10-14-20(19)27(21)16-22(28)26(3)18-11-7-6-8-12-18/h6-14,17H,4-5,15-16H2,1-3H3,(H,24,29). The van der Waals surface area contributed by atoms with Gasteiger partial charge >= 0.3 is 0 Å². The van der Waals surface area contributed by atoms with Crippen molar-refractivity contribution in [3.05, 3.63) is 60.4 Å². The first kappa shape index (κ1) is 20.6. The van der Waals surface area contributed by atoms with Crippen LogP contribution < -0.4 is 10.2 Å². The summed E-state index contributed by atoms with van der Waals surface area (Å²) >= 11 is 0. The summed E-state index contributed by atoms with van der Waals surface area (Å²) in [5.41, 5.74) is 2.54. The second-order valence-corrected chi connectivity index (χ2v) is 7.12. The maximum absolute atomic E-state index is 12.9. The number of imidazole rings is 1. The van der Waals surface area contributed by atoms with Gasteiger partial charge in [-0.2, -0.15) is 0 Å². The number of nitrogens with one attached hydrogen (secondary N) is 1. The number of rotatable bonds is 8. The Morgan fingerprint density at radius 1 is 1.03 bits per heavy atom. The van der Waals surface area contributed by atoms with Crippen LogP contribution in [-0.2, 0) is 22.7 Å². The number of hydrogen-bond donors (Lipinski definition) is 1. The molecule has 6 heteroatoms. The minimum absolute atomic E-state index is 0.00123. The van der Waals surface area contributed by atoms with Crippen LogP contribution >= 0.6 is 0 Å². The van der Waals surface area contributed by atoms with Crippen LogP contribution in [0.3, 0.4) is 0 Å². The normalized spacial score (nSPS) is 11.0. The van der Waals surface area contributed by atoms with Crippen molar-refractivity contribution in [2.45, 2.75) is 39.8 Å². The number of amides is 2. The Labute approximate surface area is 171 Å². The molecule has 0 fully saturated rings. The molecule has 0 saturated heterocycles. The van der Waals surface area contributed by atoms with Gasteiger partial charge in [-0.25, -0.2) is 4.98 Å². The average Bonchev–Trinajstić information content (AvgIpc) is 3.10. The van der Waals surface area contributed by atoms with E-state index in [1.807, 2.05) is 73.0 Å². The highest BCUT2D eigenvalue weighted by molar-refractivity contribution is 5.93. The van der Waals surface area contributed by atoms with E-state index in [2.05, 4.69) is 10.3 Å². The largest absolute Gasteiger partial charge is 0.349 e. The number of fused-ring (bicyclic) bond motifs is 1. The van der Waals surface area contributed by atoms with Gasteiger partial charge in [-0.05, 0) is 37.1 Å². The lowest BCUT2D eigenvalue weighted by atomic mass is 10.0. The third-order valence-electron chi connectivity index (χ3n) is 5.32. The van der Waals surface area contributed by atoms with E-state index in [4.69, 9.17) is 0 Å². The van der Waals surface area contributed by atoms with E-state index in [1.54, 1.807) is 11.9 Å². The lowest BCUT2D eigenvalue weighted by Crippen LogP contribution is -2.33. The minimum atomic E-state index is -0.0491. The molecule has 0 atom stereocenters. The molecule has 0 aliphatic rings. The zero-order valence-electron chi connectivity index (χ0n) is 17.3. The third kappa shape index (κ3) is 4.65. The Balaban J connectivity index is 1.83. The Morgan fingerprint density at radius 3 is 2.38 bits per heavy atom. The van der Waals surface area contributed by atoms with Crippen molar-refractivity contribution in [3.8, 4) is 0 Å². The van der Waals surface area contributed by atoms with Crippen molar-refractivity contribution in [2.24, 2.45) is 5.92 Å². The van der Waals surface area contributed by atoms with Crippen molar-refractivity contribution in [3.63, 3.8) is 0 Å². The van der Waals surface area contributed by atoms with Crippen LogP contribution in [-0.4, -0.2) is 28.4 Å². The maximum Gasteiger partial charge on any atom is 0.246 e. The predicted octanol–water partition coefficient (Wildman–Crippen LogP) is 3.75. The van der Waals surface area contributed by atoms with Crippen molar-refractivity contribution < 1.29 is 9.59 Å². The summed E-state index contributed by atoms with van der Waals surface area (Å²) in [7, 11) is 1.77. The molecule has 0 bridgehead atoms. The molecule has 0 aliphatic heterocycles. The number of hydrogen-bond acceptors (Lipinski definition) is 3. The maximum atomic E-state index is 12.9. The van der Waals surface area contributed by atoms with E-state index in [-0.39, 0.29) is 24.3 Å². The van der Waals surface area contributed by atoms with Crippen LogP contribution in [0.1, 0.15) is 32.5 Å². The Kier molecular flexibility index (Phi) is 6.65. The van der Waals surface area contributed by atoms with Crippen LogP contribution in [0.15, 0.2) is 54.6 Å². The second-order valence-electron chi connectivity index (χ2n) is 7.12. The van der Waals surface area contributed by atoms with Crippen molar-refractivity contribution in [1.82, 2.24) is 14.9 Å². The van der Waals surface area contributed by atoms with Gasteiger partial charge in [-0.15, -0.1) is 0 Å². The molecule has 0 radical (unpaired) electrons. The summed E-state index contributed by atoms with van der Waals surface area (Å²) in [6, 6.07) is 17.3. The van der Waals surface area contributed by atoms with E-state index in [9.17, 15) is 9.59 Å². The van der Waals surface area contributed by atoms with Gasteiger partial charge in [0.15, 0.2) is 0 Å². The van der Waals surface area contributed by atoms with E-state index in [0.717, 1.165) is 29.6 Å². The summed E-state index contributed by atoms with van der Waals surface area (Å²) in [5.74, 6) is 0.659. The molecular formula is C23H28N4O2. The summed E-state index contributed by atoms with van der Waals surface area (Å²) in [6.07, 6.45) is 1.61. The molecule has 2 aromatic carbocycles. The van der Waals surface area contributed by atoms with Gasteiger partial charge < -0.3 is 14.8 Å². The summed E-state index contributed by atoms with van der Waals surface area (Å²) in [4.78, 5) is 31.6. The molecule has 0 aliphatic carbocycles. The SMILES string of the molecule is CCC(CC)C(=O)NCc1nc2ccccc2n1CC(=O)N(C)c1ccccc1. The van der Waals surface area contributed by atoms with Gasteiger partial charge in [0, 0.05) is 18.7 Å². The van der Waals surface area contributed by atoms with Crippen LogP contribution in [0.2, 0.25) is 0 Å². The highest BCUT2D eigenvalue weighted by atomic mass is 16.2. The fourth-order valence-electron chi connectivity index (χ4n) is 3.44. The first-order valence-corrected chi connectivity index (χ1v) is 10.1. The van der Waals surface area contributed by atoms with Gasteiger partial charge in [-0.1, -0.05) is 44.2 Å². The molecule has 2 amide bonds. The summed E-state index contributed by atoms with van der Waals surface area (Å²) in [6.45, 7) is 4.48. The molecule has 0 spiro atoms. The van der Waals surface area contributed by atoms with E-state index >= 15 is 0 Å². The van der Waals surface area contributed by atoms with Crippen LogP contribution in [0.5, 0.6) is 0 Å². The van der Waals surface area contributed by atoms with Gasteiger partial charge in [-0.3, -0.25) is 9.59 Å². The van der Waals surface area contributed by atoms with Gasteiger partial charge in [0.2, 0.25) is 11.8 Å². The topological polar surface area (TPSA) is 67.2 Å². The highest BCUT2D eigenvalue weighted by Gasteiger charge is 2.19. The summed E-state index contributed by atoms with van der Waals surface area (Å²) in [5, 5.41) is 2.99. The Bertz CT molecular complexity index is 977. The molecule has 0 saturated carbocycles. The lowest BCUT2D eigenvalue weighted by molar-refractivity contribution is -0.125. The average molecular weight is 393 g/mol. The zero-order chi connectivity index (χ0) is 20.8. The molecular weight excluding hydrogens is 364 g/mol. The summed E-state index contributed by atoms with van der Waals surface area (Å²) < 4.78 is 1.89. The number of aromatic nitrogens is 2. The molecule has 0 unspecified atom stereocenters. The Hall–Kier alpha value is -3.15. The van der Waals surface area contributed by atoms with Crippen molar-refractivity contribution >= 4 is 28.5 Å². The molecule has 3 rings (SSSR count). The number of anilines is 1. The monoisotopic (exact) mass is 392 g/mol. The lowest BCUT2D eigenvalue weighted by Gasteiger charge is -2.19. The number of carbonyl (C=O) groups is 2. The molecule has 1 heterocycles. The molecule has 3 aromatic rings. The molecule has 1 aromatic heterocycles. The minimum Gasteiger partial charge on any atom is -0.349 e. The van der Waals surface area contributed by atoms with Crippen LogP contribution in [0.4, 0.5) is 5.69 Å². The van der Waals surface area contributed by atoms with Crippen molar-refractivity contribution in [1.29, 1.82) is 0 Å². The molecule has 29 heavy (non-hydrogen) atoms. The van der Waals surface area contributed by atoms with Crippen molar-refractivity contribution in [2.75, 3.05) is 11.9 Å². The molecule has 6 nitrogen and oxygen atoms in total. The second kappa shape index (κ2) is 9.37. The first-order valence-electron chi connectivity index (χ1n) is 10.1. The van der Waals surface area contributed by atoms with Crippen LogP contribution in [0, 0.1) is 5.92 Å². The van der Waals surface area contributed by atoms with Crippen LogP contribution in [0.25, 0.3) is 11.0 Å². The first-order chi connectivity index (χ1) is 14.0. The number of nitrogens with zero attached hydrogens (tertiary/aromatic N) is 3. The highest BCUT2D eigenvalue weighted by Crippen LogP contribution is 2.18. The molecule has 152 valence electrons. The number of carbonyl (C=O) groups excluding carboxylic acids is 2. The van der Waals surface area contributed by atoms with Gasteiger partial charge in [0.1, 0.15) is 12.4 Å². The number of likely N-dealkylation sites (N-methyl/N-ethyl adjacent to an activating group) is 1. The van der Waals surface area contributed by atoms with E-state index in [0.29, 0.717) is 12.4 Å². The molecule has 1 N–H and O–H groups in total. The third-order valence-corrected chi connectivity index (χ3v) is 5.32. The quantitative estimate of drug-likeness (QED) is 0.635. The predicted molar refractivity (Wildman–Crippen MR) is 116 cm³/mol. The number of benzene rings is 2. The smallest absolute Gasteiger partial charge is 0.246 e. The van der Waals surface area contributed by atoms with E-state index < -0.39 is 0 Å². The number of para-hydroxylation sites is 3. The Morgan fingerprint density at radius 2 is 1.69 bits per heavy atom. The van der Waals surface area contributed by atoms with Gasteiger partial charge in [0.25, 0.3) is 0 Å². The van der Waals surface area contributed by atoms with E-state index in [1.165, 1.54) is 0 Å². The zero-order valence-corrected chi connectivity index (χ0v) is 17.3. The fraction of sp³-hybridized carbons (Fsp3) is 0.348.